The third kappa shape index (κ3) is 2.09. The molecular formula is C9H15F2N3. The van der Waals surface area contributed by atoms with Crippen molar-refractivity contribution < 1.29 is 8.78 Å². The number of halogens is 2. The lowest BCUT2D eigenvalue weighted by atomic mass is 10.1. The minimum absolute atomic E-state index is 0.290. The molecule has 0 saturated heterocycles. The van der Waals surface area contributed by atoms with Crippen molar-refractivity contribution in [2.24, 2.45) is 5.73 Å². The molecule has 1 unspecified atom stereocenters. The summed E-state index contributed by atoms with van der Waals surface area (Å²) in [6.07, 6.45) is 2.91. The van der Waals surface area contributed by atoms with E-state index in [2.05, 4.69) is 4.98 Å². The fraction of sp³-hybridized carbons (Fsp3) is 0.667. The van der Waals surface area contributed by atoms with E-state index in [1.54, 1.807) is 6.92 Å². The normalized spacial score (nSPS) is 16.7. The molecular weight excluding hydrogens is 188 g/mol. The van der Waals surface area contributed by atoms with Crippen LogP contribution in [0.2, 0.25) is 0 Å². The third-order valence-electron chi connectivity index (χ3n) is 2.31. The monoisotopic (exact) mass is 203 g/mol. The first-order valence-corrected chi connectivity index (χ1v) is 4.49. The molecule has 80 valence electrons. The molecule has 1 rings (SSSR count). The fourth-order valence-electron chi connectivity index (χ4n) is 1.24. The molecule has 1 aromatic rings. The summed E-state index contributed by atoms with van der Waals surface area (Å²) in [5, 5.41) is 0. The molecule has 0 saturated carbocycles. The standard InChI is InChI=1S/C9H15F2N3/c1-6(12)8-4-13-5-14(8)7(2)9(3,10)11/h4-7H,12H2,1-3H3/t6-,7?/m0/s1. The van der Waals surface area contributed by atoms with Crippen LogP contribution in [0.4, 0.5) is 8.78 Å². The van der Waals surface area contributed by atoms with Crippen molar-refractivity contribution in [3.05, 3.63) is 18.2 Å². The lowest BCUT2D eigenvalue weighted by molar-refractivity contribution is -0.0269. The second-order valence-electron chi connectivity index (χ2n) is 3.65. The number of aromatic nitrogens is 2. The number of hydrogen-bond acceptors (Lipinski definition) is 2. The Balaban J connectivity index is 3.01. The second-order valence-corrected chi connectivity index (χ2v) is 3.65. The van der Waals surface area contributed by atoms with Crippen LogP contribution in [0.25, 0.3) is 0 Å². The van der Waals surface area contributed by atoms with Crippen LogP contribution < -0.4 is 5.73 Å². The summed E-state index contributed by atoms with van der Waals surface area (Å²) < 4.78 is 27.5. The summed E-state index contributed by atoms with van der Waals surface area (Å²) in [7, 11) is 0. The zero-order valence-electron chi connectivity index (χ0n) is 8.54. The first-order valence-electron chi connectivity index (χ1n) is 4.49. The molecule has 0 aliphatic heterocycles. The van der Waals surface area contributed by atoms with E-state index in [0.717, 1.165) is 6.92 Å². The minimum Gasteiger partial charge on any atom is -0.324 e. The van der Waals surface area contributed by atoms with Crippen LogP contribution >= 0.6 is 0 Å². The van der Waals surface area contributed by atoms with Crippen LogP contribution in [0.15, 0.2) is 12.5 Å². The van der Waals surface area contributed by atoms with E-state index in [0.29, 0.717) is 5.69 Å². The molecule has 14 heavy (non-hydrogen) atoms. The van der Waals surface area contributed by atoms with E-state index in [9.17, 15) is 8.78 Å². The molecule has 0 spiro atoms. The summed E-state index contributed by atoms with van der Waals surface area (Å²) in [5.74, 6) is -2.77. The Labute approximate surface area is 81.9 Å². The number of hydrogen-bond donors (Lipinski definition) is 1. The van der Waals surface area contributed by atoms with Crippen molar-refractivity contribution in [1.29, 1.82) is 0 Å². The summed E-state index contributed by atoms with van der Waals surface area (Å²) >= 11 is 0. The molecule has 0 aliphatic rings. The number of rotatable bonds is 3. The molecule has 0 aromatic carbocycles. The average molecular weight is 203 g/mol. The number of imidazole rings is 1. The third-order valence-corrected chi connectivity index (χ3v) is 2.31. The van der Waals surface area contributed by atoms with Gasteiger partial charge in [0.15, 0.2) is 0 Å². The van der Waals surface area contributed by atoms with Crippen molar-refractivity contribution in [2.45, 2.75) is 38.8 Å². The first-order chi connectivity index (χ1) is 6.34. The quantitative estimate of drug-likeness (QED) is 0.817. The van der Waals surface area contributed by atoms with Crippen LogP contribution in [0.1, 0.15) is 38.5 Å². The largest absolute Gasteiger partial charge is 0.324 e. The maximum absolute atomic E-state index is 13.0. The SMILES string of the molecule is CC(n1cncc1[C@H](C)N)C(C)(F)F. The van der Waals surface area contributed by atoms with Crippen LogP contribution in [-0.2, 0) is 0 Å². The summed E-state index contributed by atoms with van der Waals surface area (Å²) in [5.41, 5.74) is 6.26. The van der Waals surface area contributed by atoms with Gasteiger partial charge in [0, 0.05) is 19.2 Å². The van der Waals surface area contributed by atoms with Gasteiger partial charge in [-0.25, -0.2) is 13.8 Å². The Morgan fingerprint density at radius 2 is 2.07 bits per heavy atom. The van der Waals surface area contributed by atoms with Gasteiger partial charge in [-0.1, -0.05) is 0 Å². The van der Waals surface area contributed by atoms with Gasteiger partial charge in [0.05, 0.1) is 18.1 Å². The molecule has 2 atom stereocenters. The molecule has 0 fully saturated rings. The highest BCUT2D eigenvalue weighted by atomic mass is 19.3. The van der Waals surface area contributed by atoms with Gasteiger partial charge in [-0.2, -0.15) is 0 Å². The van der Waals surface area contributed by atoms with Crippen LogP contribution in [0.3, 0.4) is 0 Å². The maximum atomic E-state index is 13.0. The smallest absolute Gasteiger partial charge is 0.265 e. The number of nitrogens with zero attached hydrogens (tertiary/aromatic N) is 2. The zero-order valence-corrected chi connectivity index (χ0v) is 8.54. The predicted octanol–water partition coefficient (Wildman–Crippen LogP) is 2.12. The lowest BCUT2D eigenvalue weighted by Gasteiger charge is -2.23. The molecule has 0 amide bonds. The second kappa shape index (κ2) is 3.65. The molecule has 0 radical (unpaired) electrons. The van der Waals surface area contributed by atoms with Crippen molar-refractivity contribution >= 4 is 0 Å². The van der Waals surface area contributed by atoms with Gasteiger partial charge in [-0.3, -0.25) is 0 Å². The van der Waals surface area contributed by atoms with E-state index in [1.807, 2.05) is 0 Å². The van der Waals surface area contributed by atoms with E-state index in [-0.39, 0.29) is 6.04 Å². The van der Waals surface area contributed by atoms with Gasteiger partial charge in [-0.15, -0.1) is 0 Å². The summed E-state index contributed by atoms with van der Waals surface area (Å²) in [6.45, 7) is 4.09. The van der Waals surface area contributed by atoms with Crippen molar-refractivity contribution in [3.8, 4) is 0 Å². The Kier molecular flexibility index (Phi) is 2.89. The van der Waals surface area contributed by atoms with Gasteiger partial charge in [0.1, 0.15) is 0 Å². The minimum atomic E-state index is -2.77. The Morgan fingerprint density at radius 1 is 1.50 bits per heavy atom. The van der Waals surface area contributed by atoms with Crippen molar-refractivity contribution in [1.82, 2.24) is 9.55 Å². The highest BCUT2D eigenvalue weighted by Crippen LogP contribution is 2.29. The number of nitrogens with two attached hydrogens (primary N) is 1. The highest BCUT2D eigenvalue weighted by Gasteiger charge is 2.32. The van der Waals surface area contributed by atoms with Crippen molar-refractivity contribution in [3.63, 3.8) is 0 Å². The molecule has 2 N–H and O–H groups in total. The van der Waals surface area contributed by atoms with E-state index in [1.165, 1.54) is 24.0 Å². The Hall–Kier alpha value is -0.970. The van der Waals surface area contributed by atoms with Gasteiger partial charge in [0.2, 0.25) is 0 Å². The summed E-state index contributed by atoms with van der Waals surface area (Å²) in [6, 6.07) is -1.21. The molecule has 5 heteroatoms. The molecule has 1 aromatic heterocycles. The van der Waals surface area contributed by atoms with Gasteiger partial charge in [-0.05, 0) is 13.8 Å². The van der Waals surface area contributed by atoms with Gasteiger partial charge >= 0.3 is 0 Å². The average Bonchev–Trinajstić information content (AvgIpc) is 2.48. The van der Waals surface area contributed by atoms with Crippen LogP contribution in [0.5, 0.6) is 0 Å². The maximum Gasteiger partial charge on any atom is 0.265 e. The predicted molar refractivity (Wildman–Crippen MR) is 50.2 cm³/mol. The fourth-order valence-corrected chi connectivity index (χ4v) is 1.24. The van der Waals surface area contributed by atoms with Gasteiger partial charge < -0.3 is 10.3 Å². The molecule has 0 aliphatic carbocycles. The summed E-state index contributed by atoms with van der Waals surface area (Å²) in [4.78, 5) is 3.83. The molecule has 3 nitrogen and oxygen atoms in total. The Morgan fingerprint density at radius 3 is 2.50 bits per heavy atom. The molecule has 0 bridgehead atoms. The van der Waals surface area contributed by atoms with Crippen LogP contribution in [0, 0.1) is 0 Å². The van der Waals surface area contributed by atoms with Gasteiger partial charge in [0.25, 0.3) is 5.92 Å². The zero-order chi connectivity index (χ0) is 10.9. The molecule has 1 heterocycles. The van der Waals surface area contributed by atoms with E-state index in [4.69, 9.17) is 5.73 Å². The first kappa shape index (κ1) is 11.1. The van der Waals surface area contributed by atoms with Crippen LogP contribution in [-0.4, -0.2) is 15.5 Å². The number of alkyl halides is 2. The van der Waals surface area contributed by atoms with E-state index < -0.39 is 12.0 Å². The highest BCUT2D eigenvalue weighted by molar-refractivity contribution is 5.05. The Bertz CT molecular complexity index is 301. The van der Waals surface area contributed by atoms with Crippen molar-refractivity contribution in [2.75, 3.05) is 0 Å². The van der Waals surface area contributed by atoms with E-state index >= 15 is 0 Å². The topological polar surface area (TPSA) is 43.8 Å². The lowest BCUT2D eigenvalue weighted by Crippen LogP contribution is -2.27.